The highest BCUT2D eigenvalue weighted by atomic mass is 32.1. The Morgan fingerprint density at radius 1 is 0.654 bits per heavy atom. The van der Waals surface area contributed by atoms with Crippen LogP contribution in [0.2, 0.25) is 0 Å². The summed E-state index contributed by atoms with van der Waals surface area (Å²) in [4.78, 5) is 141. The molecule has 15 N–H and O–H groups in total. The van der Waals surface area contributed by atoms with E-state index in [9.17, 15) is 63.3 Å². The van der Waals surface area contributed by atoms with Crippen molar-refractivity contribution in [1.29, 1.82) is 0 Å². The van der Waals surface area contributed by atoms with Crippen molar-refractivity contribution in [3.8, 4) is 5.75 Å². The van der Waals surface area contributed by atoms with Gasteiger partial charge in [0.25, 0.3) is 0 Å². The molecule has 10 atom stereocenters. The van der Waals surface area contributed by atoms with Gasteiger partial charge in [-0.3, -0.25) is 43.2 Å². The first-order valence-corrected chi connectivity index (χ1v) is 27.7. The number of carboxylic acids is 1. The number of amides is 9. The van der Waals surface area contributed by atoms with Crippen molar-refractivity contribution in [3.05, 3.63) is 102 Å². The molecule has 0 unspecified atom stereocenters. The van der Waals surface area contributed by atoms with Crippen molar-refractivity contribution in [2.45, 2.75) is 133 Å². The SMILES string of the molecule is CC(C)C[C@H](NC(=O)[C@@H](NC(=O)[C@@H](N)CS)[C@@H](C)O)C(=O)N[C@@H](Cc1ccc(O)cc1)C(=O)N1CCC[C@H]1C(=O)N[C@@H](CCC(N)=O)C(=O)N[C@@H](Cc1ccccc1)C(=O)N[C@@H](Cc1c[nH]c2ccccc12)C(=O)N[C@@H](CS)C(=O)O. The average molecular weight is 1160 g/mol. The number of benzene rings is 3. The number of hydrogen-bond acceptors (Lipinski definition) is 15. The maximum atomic E-state index is 14.8. The number of aliphatic hydroxyl groups is 1. The number of phenols is 1. The molecule has 9 amide bonds. The van der Waals surface area contributed by atoms with Crippen molar-refractivity contribution >= 4 is 95.3 Å². The van der Waals surface area contributed by atoms with Crippen LogP contribution in [0, 0.1) is 5.92 Å². The van der Waals surface area contributed by atoms with E-state index in [-0.39, 0.29) is 68.2 Å². The largest absolute Gasteiger partial charge is 0.508 e. The number of primary amides is 1. The summed E-state index contributed by atoms with van der Waals surface area (Å²) in [5.41, 5.74) is 13.7. The van der Waals surface area contributed by atoms with Gasteiger partial charge in [0.15, 0.2) is 0 Å². The average Bonchev–Trinajstić information content (AvgIpc) is 4.12. The molecule has 438 valence electrons. The fraction of sp³-hybridized carbons (Fsp3) is 0.455. The number of thiol groups is 2. The van der Waals surface area contributed by atoms with E-state index in [1.54, 1.807) is 68.6 Å². The molecule has 1 saturated heterocycles. The van der Waals surface area contributed by atoms with Crippen LogP contribution < -0.4 is 48.7 Å². The third-order valence-electron chi connectivity index (χ3n) is 13.5. The first-order chi connectivity index (χ1) is 38.5. The predicted octanol–water partition coefficient (Wildman–Crippen LogP) is -0.750. The van der Waals surface area contributed by atoms with E-state index in [1.807, 2.05) is 6.07 Å². The van der Waals surface area contributed by atoms with E-state index in [1.165, 1.54) is 36.1 Å². The van der Waals surface area contributed by atoms with Crippen molar-refractivity contribution < 1.29 is 63.3 Å². The van der Waals surface area contributed by atoms with E-state index < -0.39 is 126 Å². The number of nitrogens with zero attached hydrogens (tertiary/aromatic N) is 1. The van der Waals surface area contributed by atoms with Crippen LogP contribution in [0.3, 0.4) is 0 Å². The highest BCUT2D eigenvalue weighted by Crippen LogP contribution is 2.23. The lowest BCUT2D eigenvalue weighted by atomic mass is 9.99. The van der Waals surface area contributed by atoms with Crippen LogP contribution in [0.15, 0.2) is 85.1 Å². The third-order valence-corrected chi connectivity index (χ3v) is 14.3. The molecule has 0 bridgehead atoms. The second-order valence-electron chi connectivity index (χ2n) is 20.4. The predicted molar refractivity (Wildman–Crippen MR) is 305 cm³/mol. The lowest BCUT2D eigenvalue weighted by molar-refractivity contribution is -0.143. The molecule has 4 aromatic rings. The van der Waals surface area contributed by atoms with Crippen LogP contribution in [-0.2, 0) is 67.2 Å². The fourth-order valence-electron chi connectivity index (χ4n) is 9.17. The van der Waals surface area contributed by atoms with Crippen molar-refractivity contribution in [1.82, 2.24) is 47.1 Å². The number of aliphatic carboxylic acids is 1. The number of para-hydroxylation sites is 1. The van der Waals surface area contributed by atoms with Crippen LogP contribution in [0.4, 0.5) is 0 Å². The van der Waals surface area contributed by atoms with Gasteiger partial charge in [0, 0.05) is 60.8 Å². The Morgan fingerprint density at radius 2 is 1.21 bits per heavy atom. The highest BCUT2D eigenvalue weighted by Gasteiger charge is 2.41. The number of nitrogens with two attached hydrogens (primary N) is 2. The molecule has 0 radical (unpaired) electrons. The number of aliphatic hydroxyl groups excluding tert-OH is 1. The number of fused-ring (bicyclic) bond motifs is 1. The second-order valence-corrected chi connectivity index (χ2v) is 21.1. The minimum Gasteiger partial charge on any atom is -0.508 e. The number of hydrogen-bond donors (Lipinski definition) is 15. The van der Waals surface area contributed by atoms with Crippen molar-refractivity contribution in [2.75, 3.05) is 18.1 Å². The fourth-order valence-corrected chi connectivity index (χ4v) is 9.58. The maximum absolute atomic E-state index is 14.8. The molecule has 81 heavy (non-hydrogen) atoms. The van der Waals surface area contributed by atoms with Crippen LogP contribution >= 0.6 is 25.3 Å². The molecular formula is C55H73N11O13S2. The lowest BCUT2D eigenvalue weighted by Crippen LogP contribution is -2.61. The second kappa shape index (κ2) is 30.8. The van der Waals surface area contributed by atoms with E-state index >= 15 is 0 Å². The topological polar surface area (TPSA) is 387 Å². The molecule has 1 aromatic heterocycles. The minimum absolute atomic E-state index is 0.0151. The van der Waals surface area contributed by atoms with Gasteiger partial charge in [-0.1, -0.05) is 74.5 Å². The Labute approximate surface area is 479 Å². The summed E-state index contributed by atoms with van der Waals surface area (Å²) in [5.74, 6) is -9.53. The minimum atomic E-state index is -1.54. The quantitative estimate of drug-likeness (QED) is 0.0286. The van der Waals surface area contributed by atoms with Crippen LogP contribution in [-0.4, -0.2) is 163 Å². The Hall–Kier alpha value is -7.68. The summed E-state index contributed by atoms with van der Waals surface area (Å²) in [7, 11) is 0. The van der Waals surface area contributed by atoms with Gasteiger partial charge in [0.1, 0.15) is 54.1 Å². The number of aromatic nitrogens is 1. The standard InChI is InChI=1S/C55H73N11O13S2/c1-29(2)22-39(62-53(76)46(30(3)67)65-47(70)36(56)27-80)49(72)63-42(24-32-15-17-34(68)18-16-32)54(77)66-21-9-14-44(66)52(75)59-38(19-20-45(57)69)48(71)60-40(23-31-10-5-4-6-11-31)50(73)61-41(51(74)64-43(28-81)55(78)79)25-33-26-58-37-13-8-7-12-35(33)37/h4-8,10-13,15-18,26,29-30,36,38-44,46,58,67-68,80-81H,9,14,19-25,27-28,56H2,1-3H3,(H2,57,69)(H,59,75)(H,60,71)(H,61,73)(H,62,76)(H,63,72)(H,64,74)(H,65,70)(H,78,79)/t30-,36+,38+,39+,40+,41+,42+,43+,44+,46+/m1/s1. The van der Waals surface area contributed by atoms with Gasteiger partial charge < -0.3 is 73.9 Å². The van der Waals surface area contributed by atoms with E-state index in [2.05, 4.69) is 67.5 Å². The normalized spacial score (nSPS) is 16.5. The number of carbonyl (C=O) groups is 10. The van der Waals surface area contributed by atoms with Gasteiger partial charge >= 0.3 is 5.97 Å². The zero-order valence-corrected chi connectivity index (χ0v) is 46.9. The third kappa shape index (κ3) is 19.0. The number of nitrogens with one attached hydrogen (secondary N) is 8. The summed E-state index contributed by atoms with van der Waals surface area (Å²) in [5, 5.41) is 49.2. The number of H-pyrrole nitrogens is 1. The van der Waals surface area contributed by atoms with Crippen LogP contribution in [0.25, 0.3) is 10.9 Å². The van der Waals surface area contributed by atoms with Gasteiger partial charge in [-0.2, -0.15) is 25.3 Å². The molecular weight excluding hydrogens is 1090 g/mol. The van der Waals surface area contributed by atoms with Crippen LogP contribution in [0.5, 0.6) is 5.75 Å². The summed E-state index contributed by atoms with van der Waals surface area (Å²) >= 11 is 8.08. The van der Waals surface area contributed by atoms with Crippen molar-refractivity contribution in [2.24, 2.45) is 17.4 Å². The zero-order valence-electron chi connectivity index (χ0n) is 45.1. The van der Waals surface area contributed by atoms with E-state index in [0.717, 1.165) is 10.9 Å². The number of carboxylic acid groups (broad SMARTS) is 1. The first-order valence-electron chi connectivity index (χ1n) is 26.5. The molecule has 2 heterocycles. The Morgan fingerprint density at radius 3 is 1.81 bits per heavy atom. The first kappa shape index (κ1) is 64.1. The molecule has 0 saturated carbocycles. The number of carbonyl (C=O) groups excluding carboxylic acids is 9. The maximum Gasteiger partial charge on any atom is 0.327 e. The summed E-state index contributed by atoms with van der Waals surface area (Å²) in [6.07, 6.45) is -0.549. The zero-order chi connectivity index (χ0) is 59.5. The van der Waals surface area contributed by atoms with Gasteiger partial charge in [-0.05, 0) is 73.4 Å². The summed E-state index contributed by atoms with van der Waals surface area (Å²) < 4.78 is 0. The van der Waals surface area contributed by atoms with Crippen molar-refractivity contribution in [3.63, 3.8) is 0 Å². The molecule has 24 nitrogen and oxygen atoms in total. The lowest BCUT2D eigenvalue weighted by Gasteiger charge is -2.31. The molecule has 0 spiro atoms. The molecule has 26 heteroatoms. The number of aromatic hydroxyl groups is 1. The molecule has 5 rings (SSSR count). The molecule has 1 aliphatic rings. The highest BCUT2D eigenvalue weighted by molar-refractivity contribution is 7.80. The monoisotopic (exact) mass is 1160 g/mol. The molecule has 0 aliphatic carbocycles. The van der Waals surface area contributed by atoms with Gasteiger partial charge in [-0.25, -0.2) is 4.79 Å². The molecule has 1 aliphatic heterocycles. The number of likely N-dealkylation sites (tertiary alicyclic amines) is 1. The summed E-state index contributed by atoms with van der Waals surface area (Å²) in [6, 6.07) is 9.15. The Kier molecular flexibility index (Phi) is 24.4. The number of phenolic OH excluding ortho intramolecular Hbond substituents is 1. The van der Waals surface area contributed by atoms with E-state index in [4.69, 9.17) is 11.5 Å². The van der Waals surface area contributed by atoms with E-state index in [0.29, 0.717) is 23.1 Å². The number of aromatic amines is 1. The smallest absolute Gasteiger partial charge is 0.327 e. The van der Waals surface area contributed by atoms with Crippen LogP contribution in [0.1, 0.15) is 69.6 Å². The van der Waals surface area contributed by atoms with Gasteiger partial charge in [0.2, 0.25) is 53.2 Å². The molecule has 3 aromatic carbocycles. The van der Waals surface area contributed by atoms with Gasteiger partial charge in [-0.15, -0.1) is 0 Å². The number of rotatable bonds is 30. The Balaban J connectivity index is 1.41. The Bertz CT molecular complexity index is 2860. The summed E-state index contributed by atoms with van der Waals surface area (Å²) in [6.45, 7) is 4.84. The van der Waals surface area contributed by atoms with Gasteiger partial charge in [0.05, 0.1) is 12.1 Å². The molecule has 1 fully saturated rings.